The molecule has 6 heteroatoms. The first-order valence-corrected chi connectivity index (χ1v) is 26.7. The van der Waals surface area contributed by atoms with Gasteiger partial charge in [-0.3, -0.25) is 14.4 Å². The third kappa shape index (κ3) is 53.6. The molecule has 0 aromatic heterocycles. The summed E-state index contributed by atoms with van der Waals surface area (Å²) in [5, 5.41) is 0. The average molecular weight is 947 g/mol. The quantitative estimate of drug-likeness (QED) is 0.0199. The highest BCUT2D eigenvalue weighted by molar-refractivity contribution is 5.71. The van der Waals surface area contributed by atoms with Crippen LogP contribution in [0.4, 0.5) is 0 Å². The average Bonchev–Trinajstić information content (AvgIpc) is 3.35. The molecule has 0 saturated heterocycles. The number of carbonyl (C=O) groups excluding carboxylic acids is 3. The molecule has 0 aliphatic carbocycles. The Balaban J connectivity index is 4.59. The second-order valence-electron chi connectivity index (χ2n) is 16.8. The van der Waals surface area contributed by atoms with Gasteiger partial charge >= 0.3 is 17.9 Å². The van der Waals surface area contributed by atoms with E-state index in [4.69, 9.17) is 14.2 Å². The molecule has 382 valence electrons. The monoisotopic (exact) mass is 947 g/mol. The molecule has 0 aromatic carbocycles. The van der Waals surface area contributed by atoms with Gasteiger partial charge in [-0.05, 0) is 116 Å². The Morgan fingerprint density at radius 3 is 1.04 bits per heavy atom. The molecule has 0 aromatic rings. The van der Waals surface area contributed by atoms with Crippen molar-refractivity contribution in [3.63, 3.8) is 0 Å². The third-order valence-electron chi connectivity index (χ3n) is 10.3. The summed E-state index contributed by atoms with van der Waals surface area (Å²) in [5.74, 6) is -1.07. The van der Waals surface area contributed by atoms with Crippen LogP contribution in [0, 0.1) is 0 Å². The number of hydrogen-bond donors (Lipinski definition) is 0. The summed E-state index contributed by atoms with van der Waals surface area (Å²) in [6, 6.07) is 0. The van der Waals surface area contributed by atoms with Crippen LogP contribution in [-0.4, -0.2) is 37.2 Å². The van der Waals surface area contributed by atoms with Crippen LogP contribution in [0.25, 0.3) is 0 Å². The van der Waals surface area contributed by atoms with Gasteiger partial charge in [0.2, 0.25) is 0 Å². The minimum absolute atomic E-state index is 0.133. The van der Waals surface area contributed by atoms with Crippen LogP contribution in [-0.2, 0) is 28.6 Å². The van der Waals surface area contributed by atoms with Crippen LogP contribution in [0.1, 0.15) is 188 Å². The number of esters is 3. The molecule has 0 radical (unpaired) electrons. The Morgan fingerprint density at radius 1 is 0.304 bits per heavy atom. The van der Waals surface area contributed by atoms with E-state index in [9.17, 15) is 14.4 Å². The highest BCUT2D eigenvalue weighted by Gasteiger charge is 2.19. The van der Waals surface area contributed by atoms with E-state index in [2.05, 4.69) is 136 Å². The molecule has 6 nitrogen and oxygen atoms in total. The van der Waals surface area contributed by atoms with Gasteiger partial charge in [0, 0.05) is 19.3 Å². The topological polar surface area (TPSA) is 78.9 Å². The highest BCUT2D eigenvalue weighted by Crippen LogP contribution is 2.12. The first-order valence-electron chi connectivity index (χ1n) is 26.7. The maximum absolute atomic E-state index is 12.8. The number of ether oxygens (including phenoxy) is 3. The highest BCUT2D eigenvalue weighted by atomic mass is 16.6. The second-order valence-corrected chi connectivity index (χ2v) is 16.8. The van der Waals surface area contributed by atoms with Gasteiger partial charge < -0.3 is 14.2 Å². The Morgan fingerprint density at radius 2 is 0.609 bits per heavy atom. The van der Waals surface area contributed by atoms with Gasteiger partial charge in [0.1, 0.15) is 13.2 Å². The fourth-order valence-electron chi connectivity index (χ4n) is 6.43. The standard InChI is InChI=1S/C63H94O6/c1-4-7-10-13-16-19-22-25-27-29-31-33-35-38-41-44-47-50-53-56-62(65)68-59-60(58-67-61(64)55-52-49-46-43-40-37-24-21-18-15-12-9-6-3)69-63(66)57-54-51-48-45-42-39-36-34-32-30-28-26-23-20-17-14-11-8-5-2/h7-12,15-21,24-28,31-34,37-38,40-41,43,46,60H,4-6,13-14,22-23,29-30,35-36,39,42,44-45,47-59H2,1-3H3/b10-7+,11-8+,12-9+,18-15+,19-16+,20-17+,24-21+,27-25+,28-26+,33-31+,34-32+,40-37+,41-38+,46-43+. The van der Waals surface area contributed by atoms with Gasteiger partial charge in [-0.25, -0.2) is 0 Å². The van der Waals surface area contributed by atoms with E-state index in [1.54, 1.807) is 0 Å². The Kier molecular flexibility index (Phi) is 51.2. The van der Waals surface area contributed by atoms with Gasteiger partial charge in [0.25, 0.3) is 0 Å². The molecule has 0 aliphatic rings. The Labute approximate surface area is 422 Å². The van der Waals surface area contributed by atoms with Crippen molar-refractivity contribution in [3.05, 3.63) is 170 Å². The number of hydrogen-bond acceptors (Lipinski definition) is 6. The molecule has 0 N–H and O–H groups in total. The van der Waals surface area contributed by atoms with E-state index in [-0.39, 0.29) is 44.0 Å². The van der Waals surface area contributed by atoms with Gasteiger partial charge in [-0.2, -0.15) is 0 Å². The SMILES string of the molecule is CC/C=C/C=C/C=C/C=C/C=C/CCCC(=O)OCC(COC(=O)CCCCC/C=C/C/C=C/C/C=C/C/C=C/C/C=C/CC)OC(=O)CCCCCCCC/C=C/C/C=C/C/C=C/C/C=C/CC. The zero-order chi connectivity index (χ0) is 50.0. The number of carbonyl (C=O) groups is 3. The van der Waals surface area contributed by atoms with Gasteiger partial charge in [0.15, 0.2) is 6.10 Å². The third-order valence-corrected chi connectivity index (χ3v) is 10.3. The summed E-state index contributed by atoms with van der Waals surface area (Å²) >= 11 is 0. The van der Waals surface area contributed by atoms with Crippen molar-refractivity contribution < 1.29 is 28.6 Å². The van der Waals surface area contributed by atoms with Crippen LogP contribution >= 0.6 is 0 Å². The molecule has 1 atom stereocenters. The Bertz CT molecular complexity index is 1650. The number of unbranched alkanes of at least 4 members (excludes halogenated alkanes) is 10. The summed E-state index contributed by atoms with van der Waals surface area (Å²) in [7, 11) is 0. The lowest BCUT2D eigenvalue weighted by Gasteiger charge is -2.18. The van der Waals surface area contributed by atoms with E-state index >= 15 is 0 Å². The van der Waals surface area contributed by atoms with Crippen molar-refractivity contribution in [1.82, 2.24) is 0 Å². The summed E-state index contributed by atoms with van der Waals surface area (Å²) in [6.45, 7) is 6.13. The molecule has 0 aliphatic heterocycles. The van der Waals surface area contributed by atoms with E-state index in [1.165, 1.54) is 12.8 Å². The molecular formula is C63H94O6. The lowest BCUT2D eigenvalue weighted by Crippen LogP contribution is -2.30. The van der Waals surface area contributed by atoms with Gasteiger partial charge in [0.05, 0.1) is 0 Å². The normalized spacial score (nSPS) is 13.5. The van der Waals surface area contributed by atoms with Crippen LogP contribution in [0.5, 0.6) is 0 Å². The largest absolute Gasteiger partial charge is 0.462 e. The molecule has 69 heavy (non-hydrogen) atoms. The molecule has 0 spiro atoms. The Hall–Kier alpha value is -5.23. The maximum Gasteiger partial charge on any atom is 0.306 e. The zero-order valence-electron chi connectivity index (χ0n) is 43.5. The van der Waals surface area contributed by atoms with E-state index in [0.29, 0.717) is 12.8 Å². The minimum atomic E-state index is -0.838. The van der Waals surface area contributed by atoms with Gasteiger partial charge in [-0.15, -0.1) is 0 Å². The molecule has 0 heterocycles. The summed E-state index contributed by atoms with van der Waals surface area (Å²) < 4.78 is 16.7. The predicted octanol–water partition coefficient (Wildman–Crippen LogP) is 18.0. The lowest BCUT2D eigenvalue weighted by atomic mass is 10.1. The molecule has 1 unspecified atom stereocenters. The van der Waals surface area contributed by atoms with Gasteiger partial charge in [-0.1, -0.05) is 223 Å². The van der Waals surface area contributed by atoms with Crippen LogP contribution < -0.4 is 0 Å². The molecule has 0 saturated carbocycles. The van der Waals surface area contributed by atoms with E-state index in [1.807, 2.05) is 54.7 Å². The lowest BCUT2D eigenvalue weighted by molar-refractivity contribution is -0.167. The summed E-state index contributed by atoms with van der Waals surface area (Å²) in [4.78, 5) is 38.0. The molecule has 0 fully saturated rings. The van der Waals surface area contributed by atoms with Crippen molar-refractivity contribution in [2.75, 3.05) is 13.2 Å². The van der Waals surface area contributed by atoms with E-state index < -0.39 is 6.10 Å². The molecule has 0 amide bonds. The van der Waals surface area contributed by atoms with Crippen molar-refractivity contribution in [2.45, 2.75) is 194 Å². The van der Waals surface area contributed by atoms with Crippen LogP contribution in [0.15, 0.2) is 170 Å². The van der Waals surface area contributed by atoms with Crippen molar-refractivity contribution >= 4 is 17.9 Å². The first kappa shape index (κ1) is 63.8. The minimum Gasteiger partial charge on any atom is -0.462 e. The van der Waals surface area contributed by atoms with Crippen LogP contribution in [0.3, 0.4) is 0 Å². The fraction of sp³-hybridized carbons (Fsp3) is 0.508. The van der Waals surface area contributed by atoms with Crippen molar-refractivity contribution in [3.8, 4) is 0 Å². The maximum atomic E-state index is 12.8. The number of allylic oxidation sites excluding steroid dienone is 28. The summed E-state index contributed by atoms with van der Waals surface area (Å²) in [5.41, 5.74) is 0. The zero-order valence-corrected chi connectivity index (χ0v) is 43.5. The number of rotatable bonds is 45. The second kappa shape index (κ2) is 55.4. The molecule has 0 bridgehead atoms. The van der Waals surface area contributed by atoms with Crippen molar-refractivity contribution in [2.24, 2.45) is 0 Å². The van der Waals surface area contributed by atoms with Crippen LogP contribution in [0.2, 0.25) is 0 Å². The predicted molar refractivity (Wildman–Crippen MR) is 297 cm³/mol. The fourth-order valence-corrected chi connectivity index (χ4v) is 6.43. The van der Waals surface area contributed by atoms with E-state index in [0.717, 1.165) is 128 Å². The summed E-state index contributed by atoms with van der Waals surface area (Å²) in [6.07, 6.45) is 82.0. The molecule has 0 rings (SSSR count). The molecular weight excluding hydrogens is 853 g/mol. The first-order chi connectivity index (χ1) is 34.0. The van der Waals surface area contributed by atoms with Crippen molar-refractivity contribution in [1.29, 1.82) is 0 Å². The smallest absolute Gasteiger partial charge is 0.306 e.